The lowest BCUT2D eigenvalue weighted by Gasteiger charge is -2.57. The lowest BCUT2D eigenvalue weighted by molar-refractivity contribution is -0.0408. The molecule has 0 aromatic heterocycles. The predicted molar refractivity (Wildman–Crippen MR) is 50.4 cm³/mol. The third-order valence-electron chi connectivity index (χ3n) is 4.69. The molecule has 3 rings (SSSR count). The van der Waals surface area contributed by atoms with E-state index in [4.69, 9.17) is 0 Å². The summed E-state index contributed by atoms with van der Waals surface area (Å²) in [6.07, 6.45) is 5.42. The maximum atomic E-state index is 12.7. The smallest absolute Gasteiger partial charge is 0.256 e. The van der Waals surface area contributed by atoms with Crippen LogP contribution in [0.15, 0.2) is 0 Å². The first-order valence-electron chi connectivity index (χ1n) is 5.73. The number of rotatable bonds is 3. The molecule has 1 nitrogen and oxygen atoms in total. The van der Waals surface area contributed by atoms with Crippen molar-refractivity contribution in [2.45, 2.75) is 63.0 Å². The van der Waals surface area contributed by atoms with Crippen molar-refractivity contribution in [1.82, 2.24) is 5.32 Å². The molecule has 1 unspecified atom stereocenters. The summed E-state index contributed by atoms with van der Waals surface area (Å²) < 4.78 is 25.4. The molecule has 1 spiro atoms. The van der Waals surface area contributed by atoms with Crippen LogP contribution < -0.4 is 5.32 Å². The standard InChI is InChI=1S/C11H17F2N/c12-9(13)11(6-7-11)14-8-2-5-10(8)3-1-4-10/h8-9,14H,1-7H2. The SMILES string of the molecule is FC(F)C1(NC2CCC23CCC3)CC1. The van der Waals surface area contributed by atoms with E-state index < -0.39 is 12.0 Å². The Hall–Kier alpha value is -0.180. The molecule has 3 aliphatic carbocycles. The highest BCUT2D eigenvalue weighted by atomic mass is 19.3. The Bertz CT molecular complexity index is 238. The second kappa shape index (κ2) is 2.69. The molecule has 0 aromatic rings. The van der Waals surface area contributed by atoms with Crippen LogP contribution in [0.2, 0.25) is 0 Å². The predicted octanol–water partition coefficient (Wildman–Crippen LogP) is 2.71. The van der Waals surface area contributed by atoms with E-state index in [1.807, 2.05) is 0 Å². The largest absolute Gasteiger partial charge is 0.303 e. The molecule has 1 N–H and O–H groups in total. The molecular weight excluding hydrogens is 184 g/mol. The minimum absolute atomic E-state index is 0.410. The highest BCUT2D eigenvalue weighted by Crippen LogP contribution is 2.57. The van der Waals surface area contributed by atoms with Gasteiger partial charge >= 0.3 is 0 Å². The number of halogens is 2. The Balaban J connectivity index is 1.63. The van der Waals surface area contributed by atoms with Gasteiger partial charge in [-0.2, -0.15) is 0 Å². The summed E-state index contributed by atoms with van der Waals surface area (Å²) in [4.78, 5) is 0. The van der Waals surface area contributed by atoms with Crippen molar-refractivity contribution in [3.63, 3.8) is 0 Å². The number of hydrogen-bond acceptors (Lipinski definition) is 1. The van der Waals surface area contributed by atoms with Crippen LogP contribution in [-0.4, -0.2) is 18.0 Å². The zero-order chi connectivity index (χ0) is 9.81. The fraction of sp³-hybridized carbons (Fsp3) is 1.00. The van der Waals surface area contributed by atoms with Gasteiger partial charge in [-0.25, -0.2) is 8.78 Å². The minimum Gasteiger partial charge on any atom is -0.303 e. The summed E-state index contributed by atoms with van der Waals surface area (Å²) in [6, 6.07) is 0.410. The van der Waals surface area contributed by atoms with Crippen molar-refractivity contribution >= 4 is 0 Å². The van der Waals surface area contributed by atoms with Crippen molar-refractivity contribution in [2.75, 3.05) is 0 Å². The van der Waals surface area contributed by atoms with Crippen LogP contribution in [-0.2, 0) is 0 Å². The van der Waals surface area contributed by atoms with Crippen molar-refractivity contribution < 1.29 is 8.78 Å². The Morgan fingerprint density at radius 3 is 2.07 bits per heavy atom. The highest BCUT2D eigenvalue weighted by Gasteiger charge is 2.58. The van der Waals surface area contributed by atoms with Gasteiger partial charge < -0.3 is 5.32 Å². The van der Waals surface area contributed by atoms with E-state index >= 15 is 0 Å². The fourth-order valence-corrected chi connectivity index (χ4v) is 3.06. The normalized spacial score (nSPS) is 36.6. The van der Waals surface area contributed by atoms with Gasteiger partial charge in [-0.1, -0.05) is 6.42 Å². The quantitative estimate of drug-likeness (QED) is 0.740. The molecule has 0 aromatic carbocycles. The van der Waals surface area contributed by atoms with E-state index in [9.17, 15) is 8.78 Å². The van der Waals surface area contributed by atoms with Gasteiger partial charge in [0.15, 0.2) is 0 Å². The first-order chi connectivity index (χ1) is 6.67. The van der Waals surface area contributed by atoms with Crippen LogP contribution in [0.25, 0.3) is 0 Å². The molecule has 80 valence electrons. The van der Waals surface area contributed by atoms with E-state index in [-0.39, 0.29) is 0 Å². The molecule has 0 heterocycles. The van der Waals surface area contributed by atoms with Gasteiger partial charge in [0.1, 0.15) is 0 Å². The van der Waals surface area contributed by atoms with Crippen molar-refractivity contribution in [3.8, 4) is 0 Å². The van der Waals surface area contributed by atoms with Gasteiger partial charge in [0, 0.05) is 6.04 Å². The average molecular weight is 201 g/mol. The highest BCUT2D eigenvalue weighted by molar-refractivity contribution is 5.13. The first kappa shape index (κ1) is 9.08. The third kappa shape index (κ3) is 1.08. The molecule has 0 aliphatic heterocycles. The monoisotopic (exact) mass is 201 g/mol. The Kier molecular flexibility index (Phi) is 1.74. The summed E-state index contributed by atoms with van der Waals surface area (Å²) in [7, 11) is 0. The van der Waals surface area contributed by atoms with Crippen LogP contribution in [0.3, 0.4) is 0 Å². The topological polar surface area (TPSA) is 12.0 Å². The number of hydrogen-bond donors (Lipinski definition) is 1. The maximum Gasteiger partial charge on any atom is 0.256 e. The minimum atomic E-state index is -2.17. The summed E-state index contributed by atoms with van der Waals surface area (Å²) in [6.45, 7) is 0. The van der Waals surface area contributed by atoms with E-state index in [1.54, 1.807) is 0 Å². The molecule has 3 heteroatoms. The summed E-state index contributed by atoms with van der Waals surface area (Å²) in [5.41, 5.74) is -0.321. The lowest BCUT2D eigenvalue weighted by Crippen LogP contribution is -2.61. The van der Waals surface area contributed by atoms with E-state index in [1.165, 1.54) is 25.7 Å². The Labute approximate surface area is 83.3 Å². The fourth-order valence-electron chi connectivity index (χ4n) is 3.06. The van der Waals surface area contributed by atoms with Crippen molar-refractivity contribution in [3.05, 3.63) is 0 Å². The average Bonchev–Trinajstić information content (AvgIpc) is 2.76. The molecular formula is C11H17F2N. The molecule has 0 amide bonds. The second-order valence-electron chi connectivity index (χ2n) is 5.41. The van der Waals surface area contributed by atoms with Crippen LogP contribution in [0.4, 0.5) is 8.78 Å². The zero-order valence-electron chi connectivity index (χ0n) is 8.36. The summed E-state index contributed by atoms with van der Waals surface area (Å²) in [5.74, 6) is 0. The molecule has 0 bridgehead atoms. The molecule has 0 radical (unpaired) electrons. The van der Waals surface area contributed by atoms with Gasteiger partial charge in [-0.15, -0.1) is 0 Å². The van der Waals surface area contributed by atoms with Crippen LogP contribution in [0, 0.1) is 5.41 Å². The van der Waals surface area contributed by atoms with Gasteiger partial charge in [-0.3, -0.25) is 0 Å². The van der Waals surface area contributed by atoms with Gasteiger partial charge in [0.05, 0.1) is 5.54 Å². The molecule has 3 aliphatic rings. The molecule has 3 fully saturated rings. The lowest BCUT2D eigenvalue weighted by atomic mass is 9.53. The van der Waals surface area contributed by atoms with Gasteiger partial charge in [0.25, 0.3) is 6.43 Å². The molecule has 3 saturated carbocycles. The number of nitrogens with one attached hydrogen (secondary N) is 1. The molecule has 1 atom stereocenters. The van der Waals surface area contributed by atoms with E-state index in [0.717, 1.165) is 6.42 Å². The maximum absolute atomic E-state index is 12.7. The van der Waals surface area contributed by atoms with Gasteiger partial charge in [0.2, 0.25) is 0 Å². The van der Waals surface area contributed by atoms with Crippen LogP contribution in [0.1, 0.15) is 44.9 Å². The Morgan fingerprint density at radius 2 is 1.79 bits per heavy atom. The van der Waals surface area contributed by atoms with Gasteiger partial charge in [-0.05, 0) is 43.9 Å². The summed E-state index contributed by atoms with van der Waals surface area (Å²) >= 11 is 0. The van der Waals surface area contributed by atoms with E-state index in [0.29, 0.717) is 24.3 Å². The van der Waals surface area contributed by atoms with Crippen LogP contribution in [0.5, 0.6) is 0 Å². The second-order valence-corrected chi connectivity index (χ2v) is 5.41. The number of alkyl halides is 2. The van der Waals surface area contributed by atoms with Crippen LogP contribution >= 0.6 is 0 Å². The van der Waals surface area contributed by atoms with Crippen molar-refractivity contribution in [1.29, 1.82) is 0 Å². The van der Waals surface area contributed by atoms with E-state index in [2.05, 4.69) is 5.32 Å². The molecule has 14 heavy (non-hydrogen) atoms. The third-order valence-corrected chi connectivity index (χ3v) is 4.69. The molecule has 0 saturated heterocycles. The summed E-state index contributed by atoms with van der Waals surface area (Å²) in [5, 5.41) is 3.25. The van der Waals surface area contributed by atoms with Crippen molar-refractivity contribution in [2.24, 2.45) is 5.41 Å². The first-order valence-corrected chi connectivity index (χ1v) is 5.73. The Morgan fingerprint density at radius 1 is 1.07 bits per heavy atom. The zero-order valence-corrected chi connectivity index (χ0v) is 8.36.